The zero-order chi connectivity index (χ0) is 16.4. The Morgan fingerprint density at radius 1 is 1.17 bits per heavy atom. The molecule has 7 nitrogen and oxygen atoms in total. The van der Waals surface area contributed by atoms with Crippen LogP contribution < -0.4 is 0 Å². The van der Waals surface area contributed by atoms with Crippen molar-refractivity contribution in [2.24, 2.45) is 7.05 Å². The molecule has 0 aliphatic heterocycles. The van der Waals surface area contributed by atoms with Crippen LogP contribution in [-0.4, -0.2) is 47.2 Å². The predicted octanol–water partition coefficient (Wildman–Crippen LogP) is 1.26. The van der Waals surface area contributed by atoms with Crippen LogP contribution in [0.1, 0.15) is 13.0 Å². The third kappa shape index (κ3) is 2.76. The van der Waals surface area contributed by atoms with Crippen LogP contribution in [0.2, 0.25) is 0 Å². The minimum Gasteiger partial charge on any atom is -0.394 e. The molecule has 3 rings (SSSR count). The number of imidazole rings is 1. The summed E-state index contributed by atoms with van der Waals surface area (Å²) in [5.74, 6) is 0.625. The molecule has 1 unspecified atom stereocenters. The number of aryl methyl sites for hydroxylation is 1. The lowest BCUT2D eigenvalue weighted by atomic mass is 10.1. The molecule has 0 bridgehead atoms. The van der Waals surface area contributed by atoms with Crippen LogP contribution in [-0.2, 0) is 7.05 Å². The van der Waals surface area contributed by atoms with E-state index in [1.54, 1.807) is 29.5 Å². The minimum absolute atomic E-state index is 0.201. The van der Waals surface area contributed by atoms with Crippen LogP contribution in [0, 0.1) is 0 Å². The Morgan fingerprint density at radius 2 is 1.91 bits per heavy atom. The van der Waals surface area contributed by atoms with Crippen LogP contribution in [0.25, 0.3) is 22.8 Å². The summed E-state index contributed by atoms with van der Waals surface area (Å²) in [6.07, 6.45) is 2.36. The Balaban J connectivity index is 2.23. The molecule has 2 N–H and O–H groups in total. The maximum atomic E-state index is 9.99. The summed E-state index contributed by atoms with van der Waals surface area (Å²) in [7, 11) is 1.80. The molecule has 120 valence electrons. The number of nitrogens with zero attached hydrogens (tertiary/aromatic N) is 5. The molecule has 7 heteroatoms. The summed E-state index contributed by atoms with van der Waals surface area (Å²) in [5, 5.41) is 23.8. The quantitative estimate of drug-likeness (QED) is 0.740. The van der Waals surface area contributed by atoms with Crippen molar-refractivity contribution in [3.05, 3.63) is 43.0 Å². The van der Waals surface area contributed by atoms with E-state index < -0.39 is 12.1 Å². The summed E-state index contributed by atoms with van der Waals surface area (Å²) in [5.41, 5.74) is 2.39. The number of aromatic nitrogens is 5. The summed E-state index contributed by atoms with van der Waals surface area (Å²) < 4.78 is 3.41. The number of benzene rings is 1. The molecule has 0 amide bonds. The van der Waals surface area contributed by atoms with Crippen LogP contribution >= 0.6 is 0 Å². The Bertz CT molecular complexity index is 779. The molecule has 0 saturated heterocycles. The van der Waals surface area contributed by atoms with Gasteiger partial charge in [-0.2, -0.15) is 5.10 Å². The first kappa shape index (κ1) is 15.4. The van der Waals surface area contributed by atoms with E-state index in [1.165, 1.54) is 6.33 Å². The Morgan fingerprint density at radius 3 is 2.48 bits per heavy atom. The van der Waals surface area contributed by atoms with Crippen molar-refractivity contribution in [3.8, 4) is 22.8 Å². The summed E-state index contributed by atoms with van der Waals surface area (Å²) in [6, 6.07) is 9.23. The molecule has 2 heterocycles. The van der Waals surface area contributed by atoms with Crippen molar-refractivity contribution < 1.29 is 10.2 Å². The van der Waals surface area contributed by atoms with Gasteiger partial charge in [-0.25, -0.2) is 14.6 Å². The highest BCUT2D eigenvalue weighted by molar-refractivity contribution is 5.75. The number of rotatable bonds is 5. The van der Waals surface area contributed by atoms with Crippen LogP contribution in [0.4, 0.5) is 0 Å². The van der Waals surface area contributed by atoms with Gasteiger partial charge in [-0.1, -0.05) is 30.3 Å². The Labute approximate surface area is 133 Å². The average Bonchev–Trinajstić information content (AvgIpc) is 3.15. The van der Waals surface area contributed by atoms with E-state index in [0.29, 0.717) is 5.82 Å². The Hall–Kier alpha value is -2.51. The third-order valence-electron chi connectivity index (χ3n) is 3.87. The first-order valence-electron chi connectivity index (χ1n) is 7.39. The third-order valence-corrected chi connectivity index (χ3v) is 3.87. The van der Waals surface area contributed by atoms with Crippen molar-refractivity contribution in [1.82, 2.24) is 24.3 Å². The van der Waals surface area contributed by atoms with E-state index in [2.05, 4.69) is 15.1 Å². The van der Waals surface area contributed by atoms with Gasteiger partial charge in [0.15, 0.2) is 5.82 Å². The maximum Gasteiger partial charge on any atom is 0.176 e. The smallest absolute Gasteiger partial charge is 0.176 e. The molecule has 1 aromatic carbocycles. The molecule has 3 aromatic rings. The fraction of sp³-hybridized carbons (Fsp3) is 0.312. The van der Waals surface area contributed by atoms with Crippen molar-refractivity contribution >= 4 is 0 Å². The standard InChI is InChI=1S/C16H19N5O2/c1-11(23)13(8-22)21-10-18-14(12-6-4-3-5-7-12)15(21)16-17-9-19-20(16)2/h3-7,9-11,13,22-23H,8H2,1-2H3/t11-,13?/m1/s1. The minimum atomic E-state index is -0.732. The van der Waals surface area contributed by atoms with Crippen molar-refractivity contribution in [2.45, 2.75) is 19.1 Å². The second kappa shape index (κ2) is 6.31. The lowest BCUT2D eigenvalue weighted by Crippen LogP contribution is -2.25. The maximum absolute atomic E-state index is 9.99. The summed E-state index contributed by atoms with van der Waals surface area (Å²) >= 11 is 0. The number of hydrogen-bond donors (Lipinski definition) is 2. The summed E-state index contributed by atoms with van der Waals surface area (Å²) in [4.78, 5) is 8.80. The monoisotopic (exact) mass is 313 g/mol. The zero-order valence-corrected chi connectivity index (χ0v) is 13.0. The zero-order valence-electron chi connectivity index (χ0n) is 13.0. The van der Waals surface area contributed by atoms with Gasteiger partial charge in [0.1, 0.15) is 12.0 Å². The average molecular weight is 313 g/mol. The van der Waals surface area contributed by atoms with Crippen molar-refractivity contribution in [1.29, 1.82) is 0 Å². The number of aliphatic hydroxyl groups excluding tert-OH is 2. The normalized spacial score (nSPS) is 13.9. The highest BCUT2D eigenvalue weighted by Crippen LogP contribution is 2.32. The second-order valence-electron chi connectivity index (χ2n) is 5.41. The largest absolute Gasteiger partial charge is 0.394 e. The molecule has 2 aromatic heterocycles. The predicted molar refractivity (Wildman–Crippen MR) is 85.5 cm³/mol. The van der Waals surface area contributed by atoms with Crippen LogP contribution in [0.5, 0.6) is 0 Å². The fourth-order valence-electron chi connectivity index (χ4n) is 2.62. The van der Waals surface area contributed by atoms with E-state index in [1.807, 2.05) is 30.3 Å². The SMILES string of the molecule is C[C@@H](O)C(CO)n1cnc(-c2ccccc2)c1-c1ncnn1C. The molecule has 0 spiro atoms. The van der Waals surface area contributed by atoms with E-state index in [-0.39, 0.29) is 6.61 Å². The van der Waals surface area contributed by atoms with Gasteiger partial charge in [0.2, 0.25) is 0 Å². The van der Waals surface area contributed by atoms with Crippen molar-refractivity contribution in [2.75, 3.05) is 6.61 Å². The van der Waals surface area contributed by atoms with E-state index in [0.717, 1.165) is 17.0 Å². The first-order chi connectivity index (χ1) is 11.1. The van der Waals surface area contributed by atoms with Gasteiger partial charge in [-0.15, -0.1) is 0 Å². The van der Waals surface area contributed by atoms with E-state index in [4.69, 9.17) is 0 Å². The van der Waals surface area contributed by atoms with Crippen LogP contribution in [0.3, 0.4) is 0 Å². The highest BCUT2D eigenvalue weighted by Gasteiger charge is 2.25. The van der Waals surface area contributed by atoms with Gasteiger partial charge in [-0.05, 0) is 6.92 Å². The molecule has 0 fully saturated rings. The topological polar surface area (TPSA) is 89.0 Å². The van der Waals surface area contributed by atoms with E-state index in [9.17, 15) is 10.2 Å². The highest BCUT2D eigenvalue weighted by atomic mass is 16.3. The van der Waals surface area contributed by atoms with Gasteiger partial charge in [-0.3, -0.25) is 0 Å². The lowest BCUT2D eigenvalue weighted by Gasteiger charge is -2.21. The van der Waals surface area contributed by atoms with Gasteiger partial charge in [0.05, 0.1) is 30.8 Å². The molecule has 0 aliphatic rings. The Kier molecular flexibility index (Phi) is 4.22. The van der Waals surface area contributed by atoms with Gasteiger partial charge in [0.25, 0.3) is 0 Å². The fourth-order valence-corrected chi connectivity index (χ4v) is 2.62. The van der Waals surface area contributed by atoms with Gasteiger partial charge in [0, 0.05) is 12.6 Å². The van der Waals surface area contributed by atoms with E-state index >= 15 is 0 Å². The van der Waals surface area contributed by atoms with Gasteiger partial charge >= 0.3 is 0 Å². The van der Waals surface area contributed by atoms with Crippen LogP contribution in [0.15, 0.2) is 43.0 Å². The number of aliphatic hydroxyl groups is 2. The van der Waals surface area contributed by atoms with Gasteiger partial charge < -0.3 is 14.8 Å². The molecular weight excluding hydrogens is 294 g/mol. The van der Waals surface area contributed by atoms with Crippen molar-refractivity contribution in [3.63, 3.8) is 0 Å². The summed E-state index contributed by atoms with van der Waals surface area (Å²) in [6.45, 7) is 1.44. The molecular formula is C16H19N5O2. The molecule has 0 aliphatic carbocycles. The lowest BCUT2D eigenvalue weighted by molar-refractivity contribution is 0.0874. The second-order valence-corrected chi connectivity index (χ2v) is 5.41. The molecule has 0 saturated carbocycles. The number of hydrogen-bond acceptors (Lipinski definition) is 5. The molecule has 23 heavy (non-hydrogen) atoms. The molecule has 0 radical (unpaired) electrons. The first-order valence-corrected chi connectivity index (χ1v) is 7.39. The molecule has 2 atom stereocenters.